The molecule has 1 heterocycles. The van der Waals surface area contributed by atoms with Gasteiger partial charge in [-0.15, -0.1) is 12.3 Å². The molecule has 11 heteroatoms. The Morgan fingerprint density at radius 3 is 2.73 bits per heavy atom. The summed E-state index contributed by atoms with van der Waals surface area (Å²) in [5.74, 6) is 1.26. The number of nitrogens with one attached hydrogen (secondary N) is 2. The van der Waals surface area contributed by atoms with Crippen molar-refractivity contribution in [2.75, 3.05) is 20.2 Å². The Labute approximate surface area is 230 Å². The number of halogens is 4. The molecule has 2 amide bonds. The number of carbonyl (C=O) groups is 2. The van der Waals surface area contributed by atoms with Gasteiger partial charge in [-0.3, -0.25) is 9.59 Å². The molecule has 3 rings (SSSR count). The van der Waals surface area contributed by atoms with Crippen molar-refractivity contribution < 1.29 is 37.0 Å². The van der Waals surface area contributed by atoms with Crippen LogP contribution in [0.3, 0.4) is 0 Å². The standard InChI is InChI=1S/C29H33F4N3O4/c1-3-7-25-28(39)35-24(26(37)18-34-17-19-8-6-9-21(12-19)29(31,32)33)15-20-13-22(30)16-23(14-20)40-11-5-4-10-27(38)36(25)2/h1,6,8-9,12-14,16,24-26,34,37H,4-5,7,10-11,15,17-18H2,2H3,(H,35,39)/t24-,25-,26+/m0/s1. The minimum absolute atomic E-state index is 0.00665. The third-order valence-corrected chi connectivity index (χ3v) is 6.64. The van der Waals surface area contributed by atoms with E-state index in [9.17, 15) is 32.3 Å². The van der Waals surface area contributed by atoms with Gasteiger partial charge in [0, 0.05) is 39.0 Å². The van der Waals surface area contributed by atoms with E-state index in [1.54, 1.807) is 6.07 Å². The monoisotopic (exact) mass is 563 g/mol. The molecule has 0 aromatic heterocycles. The second-order valence-corrected chi connectivity index (χ2v) is 9.75. The Hall–Kier alpha value is -3.62. The molecule has 1 aliphatic rings. The highest BCUT2D eigenvalue weighted by atomic mass is 19.4. The smallest absolute Gasteiger partial charge is 0.416 e. The van der Waals surface area contributed by atoms with Crippen LogP contribution in [0.15, 0.2) is 42.5 Å². The molecule has 0 spiro atoms. The highest BCUT2D eigenvalue weighted by Gasteiger charge is 2.31. The van der Waals surface area contributed by atoms with E-state index < -0.39 is 41.7 Å². The van der Waals surface area contributed by atoms with Gasteiger partial charge in [-0.1, -0.05) is 18.2 Å². The minimum atomic E-state index is -4.48. The first-order valence-corrected chi connectivity index (χ1v) is 12.9. The molecule has 7 nitrogen and oxygen atoms in total. The van der Waals surface area contributed by atoms with Crippen molar-refractivity contribution in [1.82, 2.24) is 15.5 Å². The number of carbonyl (C=O) groups excluding carboxylic acids is 2. The maximum absolute atomic E-state index is 14.4. The van der Waals surface area contributed by atoms with Crippen LogP contribution in [0.1, 0.15) is 42.4 Å². The van der Waals surface area contributed by atoms with Crippen molar-refractivity contribution in [2.45, 2.75) is 63.0 Å². The van der Waals surface area contributed by atoms with Gasteiger partial charge in [0.15, 0.2) is 0 Å². The summed E-state index contributed by atoms with van der Waals surface area (Å²) in [6.45, 7) is 0.182. The van der Waals surface area contributed by atoms with Gasteiger partial charge in [-0.25, -0.2) is 4.39 Å². The number of hydrogen-bond acceptors (Lipinski definition) is 5. The van der Waals surface area contributed by atoms with E-state index in [2.05, 4.69) is 16.6 Å². The van der Waals surface area contributed by atoms with E-state index in [4.69, 9.17) is 11.2 Å². The fraction of sp³-hybridized carbons (Fsp3) is 0.448. The molecule has 0 radical (unpaired) electrons. The summed E-state index contributed by atoms with van der Waals surface area (Å²) >= 11 is 0. The Morgan fingerprint density at radius 1 is 1.23 bits per heavy atom. The lowest BCUT2D eigenvalue weighted by atomic mass is 9.99. The number of aliphatic hydroxyl groups is 1. The zero-order chi connectivity index (χ0) is 29.3. The molecule has 1 aliphatic heterocycles. The van der Waals surface area contributed by atoms with Gasteiger partial charge < -0.3 is 25.4 Å². The lowest BCUT2D eigenvalue weighted by Crippen LogP contribution is -2.55. The van der Waals surface area contributed by atoms with Gasteiger partial charge in [-0.05, 0) is 48.6 Å². The summed E-state index contributed by atoms with van der Waals surface area (Å²) in [5.41, 5.74) is 0.0168. The first kappa shape index (κ1) is 30.9. The van der Waals surface area contributed by atoms with Crippen LogP contribution in [0.4, 0.5) is 17.6 Å². The topological polar surface area (TPSA) is 90.9 Å². The lowest BCUT2D eigenvalue weighted by molar-refractivity contribution is -0.139. The highest BCUT2D eigenvalue weighted by molar-refractivity contribution is 5.88. The van der Waals surface area contributed by atoms with E-state index >= 15 is 0 Å². The number of amides is 2. The zero-order valence-corrected chi connectivity index (χ0v) is 22.1. The maximum Gasteiger partial charge on any atom is 0.416 e. The van der Waals surface area contributed by atoms with Crippen molar-refractivity contribution in [3.8, 4) is 18.1 Å². The average Bonchev–Trinajstić information content (AvgIpc) is 2.89. The van der Waals surface area contributed by atoms with Gasteiger partial charge >= 0.3 is 6.18 Å². The Morgan fingerprint density at radius 2 is 2.00 bits per heavy atom. The summed E-state index contributed by atoms with van der Waals surface area (Å²) in [6, 6.07) is 6.95. The second kappa shape index (κ2) is 14.1. The number of aliphatic hydroxyl groups excluding tert-OH is 1. The number of benzene rings is 2. The van der Waals surface area contributed by atoms with Crippen molar-refractivity contribution in [2.24, 2.45) is 0 Å². The minimum Gasteiger partial charge on any atom is -0.493 e. The van der Waals surface area contributed by atoms with E-state index in [-0.39, 0.29) is 50.6 Å². The van der Waals surface area contributed by atoms with Crippen molar-refractivity contribution in [1.29, 1.82) is 0 Å². The molecule has 0 unspecified atom stereocenters. The van der Waals surface area contributed by atoms with Crippen LogP contribution in [0.2, 0.25) is 0 Å². The first-order valence-electron chi connectivity index (χ1n) is 12.9. The fourth-order valence-corrected chi connectivity index (χ4v) is 4.44. The molecule has 3 atom stereocenters. The van der Waals surface area contributed by atoms with Crippen LogP contribution in [-0.4, -0.2) is 60.2 Å². The maximum atomic E-state index is 14.4. The molecule has 2 aromatic rings. The molecule has 3 N–H and O–H groups in total. The van der Waals surface area contributed by atoms with Crippen molar-refractivity contribution in [3.63, 3.8) is 0 Å². The number of terminal acetylenes is 1. The van der Waals surface area contributed by atoms with Crippen LogP contribution in [0.25, 0.3) is 0 Å². The van der Waals surface area contributed by atoms with Crippen LogP contribution in [0.5, 0.6) is 5.75 Å². The number of alkyl halides is 3. The second-order valence-electron chi connectivity index (χ2n) is 9.75. The molecule has 0 saturated carbocycles. The SMILES string of the molecule is C#CC[C@H]1C(=O)N[C@H]([C@H](O)CNCc2cccc(C(F)(F)F)c2)Cc2cc(F)cc(c2)OCCCCC(=O)N1C. The number of likely N-dealkylation sites (N-methyl/N-ethyl adjacent to an activating group) is 1. The van der Waals surface area contributed by atoms with Gasteiger partial charge in [0.05, 0.1) is 24.3 Å². The summed E-state index contributed by atoms with van der Waals surface area (Å²) < 4.78 is 59.1. The van der Waals surface area contributed by atoms with Gasteiger partial charge in [-0.2, -0.15) is 13.2 Å². The van der Waals surface area contributed by atoms with Gasteiger partial charge in [0.2, 0.25) is 11.8 Å². The highest BCUT2D eigenvalue weighted by Crippen LogP contribution is 2.29. The van der Waals surface area contributed by atoms with Gasteiger partial charge in [0.25, 0.3) is 0 Å². The molecule has 0 fully saturated rings. The summed E-state index contributed by atoms with van der Waals surface area (Å²) in [6.07, 6.45) is 0.894. The van der Waals surface area contributed by atoms with Crippen molar-refractivity contribution >= 4 is 11.8 Å². The van der Waals surface area contributed by atoms with E-state index in [1.165, 1.54) is 36.2 Å². The molecule has 216 valence electrons. The summed E-state index contributed by atoms with van der Waals surface area (Å²) in [7, 11) is 1.49. The third-order valence-electron chi connectivity index (χ3n) is 6.64. The Bertz CT molecular complexity index is 1210. The Kier molecular flexibility index (Phi) is 10.9. The summed E-state index contributed by atoms with van der Waals surface area (Å²) in [5, 5.41) is 16.7. The molecule has 40 heavy (non-hydrogen) atoms. The van der Waals surface area contributed by atoms with Crippen LogP contribution in [0, 0.1) is 18.2 Å². The molecule has 2 aromatic carbocycles. The summed E-state index contributed by atoms with van der Waals surface area (Å²) in [4.78, 5) is 27.3. The number of nitrogens with zero attached hydrogens (tertiary/aromatic N) is 1. The molecular weight excluding hydrogens is 530 g/mol. The number of hydrogen-bond donors (Lipinski definition) is 3. The van der Waals surface area contributed by atoms with Crippen LogP contribution >= 0.6 is 0 Å². The predicted molar refractivity (Wildman–Crippen MR) is 141 cm³/mol. The zero-order valence-electron chi connectivity index (χ0n) is 22.1. The third kappa shape index (κ3) is 8.96. The average molecular weight is 564 g/mol. The van der Waals surface area contributed by atoms with Crippen LogP contribution < -0.4 is 15.4 Å². The van der Waals surface area contributed by atoms with Gasteiger partial charge in [0.1, 0.15) is 17.6 Å². The first-order chi connectivity index (χ1) is 19.0. The molecule has 0 aliphatic carbocycles. The van der Waals surface area contributed by atoms with E-state index in [0.717, 1.165) is 12.1 Å². The lowest BCUT2D eigenvalue weighted by Gasteiger charge is -2.30. The quantitative estimate of drug-likeness (QED) is 0.370. The fourth-order valence-electron chi connectivity index (χ4n) is 4.44. The number of ether oxygens (including phenoxy) is 1. The number of fused-ring (bicyclic) bond motifs is 2. The van der Waals surface area contributed by atoms with E-state index in [0.29, 0.717) is 24.0 Å². The normalized spacial score (nSPS) is 20.0. The van der Waals surface area contributed by atoms with Crippen molar-refractivity contribution in [3.05, 3.63) is 65.0 Å². The predicted octanol–water partition coefficient (Wildman–Crippen LogP) is 3.44. The largest absolute Gasteiger partial charge is 0.493 e. The number of rotatable bonds is 6. The Balaban J connectivity index is 1.82. The molecule has 0 saturated heterocycles. The molecular formula is C29H33F4N3O4. The van der Waals surface area contributed by atoms with E-state index in [1.807, 2.05) is 0 Å². The molecule has 2 bridgehead atoms. The van der Waals surface area contributed by atoms with Crippen LogP contribution in [-0.2, 0) is 28.7 Å².